The summed E-state index contributed by atoms with van der Waals surface area (Å²) in [5.41, 5.74) is 1.24. The van der Waals surface area contributed by atoms with E-state index in [-0.39, 0.29) is 0 Å². The molecule has 0 amide bonds. The summed E-state index contributed by atoms with van der Waals surface area (Å²) in [5, 5.41) is 3.47. The van der Waals surface area contributed by atoms with Gasteiger partial charge in [-0.15, -0.1) is 0 Å². The van der Waals surface area contributed by atoms with Crippen LogP contribution in [0, 0.1) is 9.49 Å². The highest BCUT2D eigenvalue weighted by atomic mass is 127. The molecule has 21 heavy (non-hydrogen) atoms. The smallest absolute Gasteiger partial charge is 0.174 e. The van der Waals surface area contributed by atoms with Crippen molar-refractivity contribution in [1.82, 2.24) is 5.32 Å². The molecule has 1 rings (SSSR count). The van der Waals surface area contributed by atoms with Crippen molar-refractivity contribution < 1.29 is 9.47 Å². The number of hydrogen-bond acceptors (Lipinski definition) is 3. The zero-order valence-electron chi connectivity index (χ0n) is 13.7. The van der Waals surface area contributed by atoms with E-state index in [2.05, 4.69) is 60.8 Å². The minimum Gasteiger partial charge on any atom is -0.490 e. The van der Waals surface area contributed by atoms with E-state index in [1.54, 1.807) is 0 Å². The lowest BCUT2D eigenvalue weighted by molar-refractivity contribution is 0.270. The first-order valence-electron chi connectivity index (χ1n) is 7.87. The first-order chi connectivity index (χ1) is 10.1. The SMILES string of the molecule is CCCCOc1c(I)cc(CNCC(C)C)cc1OCC. The molecule has 0 bridgehead atoms. The van der Waals surface area contributed by atoms with E-state index in [0.29, 0.717) is 12.5 Å². The van der Waals surface area contributed by atoms with E-state index >= 15 is 0 Å². The van der Waals surface area contributed by atoms with E-state index < -0.39 is 0 Å². The van der Waals surface area contributed by atoms with E-state index in [1.807, 2.05) is 6.92 Å². The van der Waals surface area contributed by atoms with Gasteiger partial charge in [-0.1, -0.05) is 27.2 Å². The van der Waals surface area contributed by atoms with Crippen LogP contribution in [0.1, 0.15) is 46.1 Å². The highest BCUT2D eigenvalue weighted by Crippen LogP contribution is 2.34. The lowest BCUT2D eigenvalue weighted by atomic mass is 10.1. The molecule has 0 aromatic heterocycles. The van der Waals surface area contributed by atoms with Gasteiger partial charge in [-0.05, 0) is 66.1 Å². The summed E-state index contributed by atoms with van der Waals surface area (Å²) in [6.07, 6.45) is 2.21. The van der Waals surface area contributed by atoms with E-state index in [1.165, 1.54) is 5.56 Å². The fourth-order valence-electron chi connectivity index (χ4n) is 1.95. The van der Waals surface area contributed by atoms with Gasteiger partial charge in [-0.25, -0.2) is 0 Å². The van der Waals surface area contributed by atoms with Crippen LogP contribution >= 0.6 is 22.6 Å². The Bertz CT molecular complexity index is 421. The molecule has 0 unspecified atom stereocenters. The topological polar surface area (TPSA) is 30.5 Å². The number of nitrogens with one attached hydrogen (secondary N) is 1. The van der Waals surface area contributed by atoms with Gasteiger partial charge in [0.2, 0.25) is 0 Å². The molecule has 0 aliphatic heterocycles. The van der Waals surface area contributed by atoms with Crippen LogP contribution in [0.15, 0.2) is 12.1 Å². The van der Waals surface area contributed by atoms with Crippen molar-refractivity contribution in [2.75, 3.05) is 19.8 Å². The quantitative estimate of drug-likeness (QED) is 0.456. The largest absolute Gasteiger partial charge is 0.490 e. The fourth-order valence-corrected chi connectivity index (χ4v) is 2.77. The second-order valence-electron chi connectivity index (χ2n) is 5.56. The third-order valence-electron chi connectivity index (χ3n) is 3.00. The molecule has 1 N–H and O–H groups in total. The molecule has 0 aliphatic carbocycles. The molecule has 0 heterocycles. The Hall–Kier alpha value is -0.490. The van der Waals surface area contributed by atoms with Gasteiger partial charge in [-0.3, -0.25) is 0 Å². The Labute approximate surface area is 142 Å². The molecule has 0 spiro atoms. The molecule has 4 heteroatoms. The summed E-state index contributed by atoms with van der Waals surface area (Å²) in [5.74, 6) is 2.41. The molecule has 0 fully saturated rings. The molecular formula is C17H28INO2. The maximum Gasteiger partial charge on any atom is 0.174 e. The van der Waals surface area contributed by atoms with Gasteiger partial charge in [0.1, 0.15) is 0 Å². The van der Waals surface area contributed by atoms with Crippen molar-refractivity contribution in [3.8, 4) is 11.5 Å². The lowest BCUT2D eigenvalue weighted by Gasteiger charge is -2.16. The molecule has 0 atom stereocenters. The van der Waals surface area contributed by atoms with Gasteiger partial charge in [0.15, 0.2) is 11.5 Å². The van der Waals surface area contributed by atoms with Gasteiger partial charge in [0.05, 0.1) is 16.8 Å². The summed E-state index contributed by atoms with van der Waals surface area (Å²) in [6, 6.07) is 4.28. The van der Waals surface area contributed by atoms with Crippen molar-refractivity contribution in [2.45, 2.75) is 47.1 Å². The zero-order valence-corrected chi connectivity index (χ0v) is 15.8. The maximum atomic E-state index is 5.91. The third kappa shape index (κ3) is 6.87. The van der Waals surface area contributed by atoms with Crippen molar-refractivity contribution in [3.05, 3.63) is 21.3 Å². The van der Waals surface area contributed by atoms with Crippen molar-refractivity contribution >= 4 is 22.6 Å². The van der Waals surface area contributed by atoms with Crippen molar-refractivity contribution in [2.24, 2.45) is 5.92 Å². The standard InChI is InChI=1S/C17H28INO2/c1-5-7-8-21-17-15(18)9-14(10-16(17)20-6-2)12-19-11-13(3)4/h9-10,13,19H,5-8,11-12H2,1-4H3. The zero-order chi connectivity index (χ0) is 15.7. The number of unbranched alkanes of at least 4 members (excludes halogenated alkanes) is 1. The molecule has 3 nitrogen and oxygen atoms in total. The molecule has 0 saturated heterocycles. The van der Waals surface area contributed by atoms with Gasteiger partial charge in [0.25, 0.3) is 0 Å². The fraction of sp³-hybridized carbons (Fsp3) is 0.647. The van der Waals surface area contributed by atoms with Crippen molar-refractivity contribution in [3.63, 3.8) is 0 Å². The second kappa shape index (κ2) is 10.3. The molecule has 0 aliphatic rings. The summed E-state index contributed by atoms with van der Waals surface area (Å²) in [6.45, 7) is 11.9. The summed E-state index contributed by atoms with van der Waals surface area (Å²) in [4.78, 5) is 0. The Morgan fingerprint density at radius 3 is 2.57 bits per heavy atom. The molecule has 1 aromatic carbocycles. The number of hydrogen-bond donors (Lipinski definition) is 1. The summed E-state index contributed by atoms with van der Waals surface area (Å²) < 4.78 is 12.8. The molecular weight excluding hydrogens is 377 g/mol. The van der Waals surface area contributed by atoms with Crippen LogP contribution < -0.4 is 14.8 Å². The average Bonchev–Trinajstić information content (AvgIpc) is 2.42. The Morgan fingerprint density at radius 2 is 1.95 bits per heavy atom. The Morgan fingerprint density at radius 1 is 1.19 bits per heavy atom. The minimum absolute atomic E-state index is 0.656. The van der Waals surface area contributed by atoms with Crippen LogP contribution in [-0.2, 0) is 6.54 Å². The van der Waals surface area contributed by atoms with Crippen LogP contribution in [0.5, 0.6) is 11.5 Å². The van der Waals surface area contributed by atoms with Crippen LogP contribution in [0.2, 0.25) is 0 Å². The van der Waals surface area contributed by atoms with Crippen LogP contribution in [0.3, 0.4) is 0 Å². The van der Waals surface area contributed by atoms with Crippen LogP contribution in [0.4, 0.5) is 0 Å². The summed E-state index contributed by atoms with van der Waals surface area (Å²) in [7, 11) is 0. The van der Waals surface area contributed by atoms with E-state index in [0.717, 1.165) is 47.6 Å². The molecule has 0 radical (unpaired) electrons. The third-order valence-corrected chi connectivity index (χ3v) is 3.80. The van der Waals surface area contributed by atoms with Gasteiger partial charge < -0.3 is 14.8 Å². The van der Waals surface area contributed by atoms with Gasteiger partial charge in [-0.2, -0.15) is 0 Å². The highest BCUT2D eigenvalue weighted by Gasteiger charge is 2.12. The minimum atomic E-state index is 0.656. The molecule has 120 valence electrons. The predicted octanol–water partition coefficient (Wildman–Crippen LogP) is 4.61. The van der Waals surface area contributed by atoms with Crippen LogP contribution in [0.25, 0.3) is 0 Å². The first kappa shape index (κ1) is 18.6. The van der Waals surface area contributed by atoms with Crippen LogP contribution in [-0.4, -0.2) is 19.8 Å². The Kier molecular flexibility index (Phi) is 9.08. The lowest BCUT2D eigenvalue weighted by Crippen LogP contribution is -2.19. The number of benzene rings is 1. The number of ether oxygens (including phenoxy) is 2. The molecule has 1 aromatic rings. The van der Waals surface area contributed by atoms with E-state index in [4.69, 9.17) is 9.47 Å². The van der Waals surface area contributed by atoms with Gasteiger partial charge in [0, 0.05) is 6.54 Å². The molecule has 0 saturated carbocycles. The number of halogens is 1. The highest BCUT2D eigenvalue weighted by molar-refractivity contribution is 14.1. The Balaban J connectivity index is 2.79. The summed E-state index contributed by atoms with van der Waals surface area (Å²) >= 11 is 2.34. The first-order valence-corrected chi connectivity index (χ1v) is 8.95. The average molecular weight is 405 g/mol. The predicted molar refractivity (Wildman–Crippen MR) is 97.3 cm³/mol. The normalized spacial score (nSPS) is 11.0. The van der Waals surface area contributed by atoms with Gasteiger partial charge >= 0.3 is 0 Å². The maximum absolute atomic E-state index is 5.91. The van der Waals surface area contributed by atoms with E-state index in [9.17, 15) is 0 Å². The van der Waals surface area contributed by atoms with Crippen molar-refractivity contribution in [1.29, 1.82) is 0 Å². The second-order valence-corrected chi connectivity index (χ2v) is 6.73. The monoisotopic (exact) mass is 405 g/mol. The number of rotatable bonds is 10.